The SMILES string of the molecule is CC1(C)CCc2nc(C=O)sc2C1. The summed E-state index contributed by atoms with van der Waals surface area (Å²) in [7, 11) is 0. The topological polar surface area (TPSA) is 30.0 Å². The Balaban J connectivity index is 2.35. The second kappa shape index (κ2) is 2.91. The molecule has 1 aliphatic carbocycles. The Morgan fingerprint density at radius 3 is 3.00 bits per heavy atom. The minimum Gasteiger partial charge on any atom is -0.295 e. The molecule has 3 heteroatoms. The molecule has 0 spiro atoms. The lowest BCUT2D eigenvalue weighted by atomic mass is 9.79. The fourth-order valence-electron chi connectivity index (χ4n) is 1.77. The van der Waals surface area contributed by atoms with Gasteiger partial charge in [0, 0.05) is 4.88 Å². The predicted octanol–water partition coefficient (Wildman–Crippen LogP) is 2.47. The average molecular weight is 195 g/mol. The Kier molecular flexibility index (Phi) is 1.99. The molecule has 0 atom stereocenters. The van der Waals surface area contributed by atoms with Gasteiger partial charge in [-0.1, -0.05) is 13.8 Å². The van der Waals surface area contributed by atoms with E-state index < -0.39 is 0 Å². The van der Waals surface area contributed by atoms with Crippen molar-refractivity contribution < 1.29 is 4.79 Å². The van der Waals surface area contributed by atoms with Crippen molar-refractivity contribution in [3.05, 3.63) is 15.6 Å². The first kappa shape index (κ1) is 8.88. The van der Waals surface area contributed by atoms with E-state index in [1.807, 2.05) is 0 Å². The number of aryl methyl sites for hydroxylation is 1. The maximum atomic E-state index is 10.5. The second-order valence-electron chi connectivity index (χ2n) is 4.38. The lowest BCUT2D eigenvalue weighted by molar-refractivity contribution is 0.112. The van der Waals surface area contributed by atoms with Gasteiger partial charge in [0.2, 0.25) is 0 Å². The molecule has 0 fully saturated rings. The van der Waals surface area contributed by atoms with Crippen LogP contribution in [0.4, 0.5) is 0 Å². The second-order valence-corrected chi connectivity index (χ2v) is 5.50. The molecule has 2 nitrogen and oxygen atoms in total. The lowest BCUT2D eigenvalue weighted by Crippen LogP contribution is -2.20. The number of aldehydes is 1. The summed E-state index contributed by atoms with van der Waals surface area (Å²) in [4.78, 5) is 16.1. The average Bonchev–Trinajstić information content (AvgIpc) is 2.44. The molecule has 0 saturated carbocycles. The van der Waals surface area contributed by atoms with E-state index in [2.05, 4.69) is 18.8 Å². The molecule has 0 amide bonds. The molecule has 13 heavy (non-hydrogen) atoms. The minimum atomic E-state index is 0.389. The Morgan fingerprint density at radius 1 is 1.54 bits per heavy atom. The molecule has 1 aromatic rings. The maximum absolute atomic E-state index is 10.5. The molecular weight excluding hydrogens is 182 g/mol. The highest BCUT2D eigenvalue weighted by Crippen LogP contribution is 2.36. The van der Waals surface area contributed by atoms with Crippen LogP contribution in [0, 0.1) is 5.41 Å². The number of nitrogens with zero attached hydrogens (tertiary/aromatic N) is 1. The number of thiazole rings is 1. The largest absolute Gasteiger partial charge is 0.295 e. The van der Waals surface area contributed by atoms with Gasteiger partial charge in [0.15, 0.2) is 11.3 Å². The molecule has 0 aromatic carbocycles. The number of fused-ring (bicyclic) bond motifs is 1. The van der Waals surface area contributed by atoms with Crippen molar-refractivity contribution in [3.8, 4) is 0 Å². The predicted molar refractivity (Wildman–Crippen MR) is 53.3 cm³/mol. The highest BCUT2D eigenvalue weighted by molar-refractivity contribution is 7.13. The van der Waals surface area contributed by atoms with E-state index in [0.717, 1.165) is 24.8 Å². The quantitative estimate of drug-likeness (QED) is 0.644. The van der Waals surface area contributed by atoms with Crippen molar-refractivity contribution in [3.63, 3.8) is 0 Å². The standard InChI is InChI=1S/C10H13NOS/c1-10(2)4-3-7-8(5-10)13-9(6-12)11-7/h6H,3-5H2,1-2H3. The number of hydrogen-bond donors (Lipinski definition) is 0. The van der Waals surface area contributed by atoms with E-state index in [0.29, 0.717) is 10.4 Å². The van der Waals surface area contributed by atoms with Crippen molar-refractivity contribution in [1.29, 1.82) is 0 Å². The van der Waals surface area contributed by atoms with E-state index >= 15 is 0 Å². The zero-order valence-electron chi connectivity index (χ0n) is 7.96. The summed E-state index contributed by atoms with van der Waals surface area (Å²) in [5, 5.41) is 0.641. The summed E-state index contributed by atoms with van der Waals surface area (Å²) in [6.45, 7) is 4.55. The maximum Gasteiger partial charge on any atom is 0.178 e. The third kappa shape index (κ3) is 1.66. The van der Waals surface area contributed by atoms with Crippen LogP contribution < -0.4 is 0 Å². The molecule has 0 saturated heterocycles. The minimum absolute atomic E-state index is 0.389. The van der Waals surface area contributed by atoms with E-state index in [1.165, 1.54) is 11.3 Å². The summed E-state index contributed by atoms with van der Waals surface area (Å²) >= 11 is 1.56. The monoisotopic (exact) mass is 195 g/mol. The van der Waals surface area contributed by atoms with Crippen LogP contribution in [0.15, 0.2) is 0 Å². The third-order valence-corrected chi connectivity index (χ3v) is 3.60. The van der Waals surface area contributed by atoms with Gasteiger partial charge in [-0.25, -0.2) is 4.98 Å². The van der Waals surface area contributed by atoms with Crippen LogP contribution >= 0.6 is 11.3 Å². The highest BCUT2D eigenvalue weighted by Gasteiger charge is 2.27. The fraction of sp³-hybridized carbons (Fsp3) is 0.600. The van der Waals surface area contributed by atoms with Crippen molar-refractivity contribution in [2.24, 2.45) is 5.41 Å². The van der Waals surface area contributed by atoms with Crippen LogP contribution in [0.25, 0.3) is 0 Å². The first-order chi connectivity index (χ1) is 6.11. The summed E-state index contributed by atoms with van der Waals surface area (Å²) in [6.07, 6.45) is 4.15. The third-order valence-electron chi connectivity index (χ3n) is 2.57. The van der Waals surface area contributed by atoms with E-state index in [-0.39, 0.29) is 0 Å². The molecule has 1 aliphatic rings. The van der Waals surface area contributed by atoms with Crippen molar-refractivity contribution in [2.75, 3.05) is 0 Å². The number of carbonyl (C=O) groups excluding carboxylic acids is 1. The van der Waals surface area contributed by atoms with E-state index in [9.17, 15) is 4.79 Å². The van der Waals surface area contributed by atoms with Gasteiger partial charge in [0.1, 0.15) is 0 Å². The Hall–Kier alpha value is -0.700. The Labute approximate surface area is 82.0 Å². The Bertz CT molecular complexity index is 341. The number of rotatable bonds is 1. The van der Waals surface area contributed by atoms with E-state index in [1.54, 1.807) is 11.3 Å². The van der Waals surface area contributed by atoms with Crippen LogP contribution in [0.1, 0.15) is 40.6 Å². The molecule has 0 unspecified atom stereocenters. The molecule has 2 rings (SSSR count). The molecule has 0 radical (unpaired) electrons. The van der Waals surface area contributed by atoms with Crippen LogP contribution in [0.5, 0.6) is 0 Å². The summed E-state index contributed by atoms with van der Waals surface area (Å²) in [5.41, 5.74) is 1.55. The van der Waals surface area contributed by atoms with Crippen molar-refractivity contribution in [1.82, 2.24) is 4.98 Å². The molecule has 1 heterocycles. The lowest BCUT2D eigenvalue weighted by Gasteiger charge is -2.28. The van der Waals surface area contributed by atoms with Gasteiger partial charge in [-0.3, -0.25) is 4.79 Å². The van der Waals surface area contributed by atoms with Crippen molar-refractivity contribution >= 4 is 17.6 Å². The molecule has 0 N–H and O–H groups in total. The van der Waals surface area contributed by atoms with Crippen LogP contribution in [0.3, 0.4) is 0 Å². The number of aromatic nitrogens is 1. The van der Waals surface area contributed by atoms with Gasteiger partial charge < -0.3 is 0 Å². The molecule has 0 aliphatic heterocycles. The van der Waals surface area contributed by atoms with Gasteiger partial charge in [0.05, 0.1) is 5.69 Å². The first-order valence-electron chi connectivity index (χ1n) is 4.54. The summed E-state index contributed by atoms with van der Waals surface area (Å²) < 4.78 is 0. The molecule has 70 valence electrons. The fourth-order valence-corrected chi connectivity index (χ4v) is 2.95. The van der Waals surface area contributed by atoms with Gasteiger partial charge >= 0.3 is 0 Å². The Morgan fingerprint density at radius 2 is 2.31 bits per heavy atom. The van der Waals surface area contributed by atoms with Crippen LogP contribution in [-0.4, -0.2) is 11.3 Å². The van der Waals surface area contributed by atoms with Gasteiger partial charge in [0.25, 0.3) is 0 Å². The normalized spacial score (nSPS) is 19.5. The molecule has 0 bridgehead atoms. The van der Waals surface area contributed by atoms with Gasteiger partial charge in [-0.15, -0.1) is 11.3 Å². The summed E-state index contributed by atoms with van der Waals surface area (Å²) in [6, 6.07) is 0. The van der Waals surface area contributed by atoms with Crippen molar-refractivity contribution in [2.45, 2.75) is 33.1 Å². The summed E-state index contributed by atoms with van der Waals surface area (Å²) in [5.74, 6) is 0. The number of hydrogen-bond acceptors (Lipinski definition) is 3. The molecular formula is C10H13NOS. The zero-order chi connectivity index (χ0) is 9.47. The van der Waals surface area contributed by atoms with Crippen LogP contribution in [0.2, 0.25) is 0 Å². The highest BCUT2D eigenvalue weighted by atomic mass is 32.1. The zero-order valence-corrected chi connectivity index (χ0v) is 8.78. The first-order valence-corrected chi connectivity index (χ1v) is 5.36. The van der Waals surface area contributed by atoms with E-state index in [4.69, 9.17) is 0 Å². The van der Waals surface area contributed by atoms with Crippen LogP contribution in [-0.2, 0) is 12.8 Å². The smallest absolute Gasteiger partial charge is 0.178 e. The van der Waals surface area contributed by atoms with Gasteiger partial charge in [-0.2, -0.15) is 0 Å². The molecule has 1 aromatic heterocycles. The van der Waals surface area contributed by atoms with Gasteiger partial charge in [-0.05, 0) is 24.7 Å². The number of carbonyl (C=O) groups is 1.